The highest BCUT2D eigenvalue weighted by atomic mass is 35.5. The zero-order valence-electron chi connectivity index (χ0n) is 24.6. The first-order chi connectivity index (χ1) is 21.7. The number of hydrogen-bond donors (Lipinski definition) is 2. The topological polar surface area (TPSA) is 140 Å². The number of carbonyl (C=O) groups is 1. The number of nitrogens with zero attached hydrogens (tertiary/aromatic N) is 4. The first-order valence-electron chi connectivity index (χ1n) is 14.1. The third kappa shape index (κ3) is 9.13. The second-order valence-electron chi connectivity index (χ2n) is 10.5. The van der Waals surface area contributed by atoms with E-state index in [9.17, 15) is 13.2 Å². The maximum absolute atomic E-state index is 13.4. The molecule has 0 aliphatic rings. The molecule has 0 fully saturated rings. The molecule has 1 amide bonds. The Morgan fingerprint density at radius 3 is 2.64 bits per heavy atom. The summed E-state index contributed by atoms with van der Waals surface area (Å²) in [6.07, 6.45) is 0.863. The minimum atomic E-state index is -3.46. The fourth-order valence-corrected chi connectivity index (χ4v) is 7.68. The van der Waals surface area contributed by atoms with Crippen LogP contribution in [0.2, 0.25) is 5.02 Å². The second-order valence-corrected chi connectivity index (χ2v) is 15.1. The van der Waals surface area contributed by atoms with Crippen LogP contribution in [0.25, 0.3) is 0 Å². The molecule has 45 heavy (non-hydrogen) atoms. The molecule has 2 aromatic heterocycles. The standard InChI is InChI=1S/C31H31ClN6O4S3/c1-20(2)27-19-44-31(34-27)43-18-22-5-3-7-23(15-22)30(39)33-26-16-21(8-13-28(26)42-17-29-35-37-38-36-29)6-4-14-45(40,41)25-11-9-24(32)10-12-25/h3,5,7-13,15-16,19-20H,4,6,14,17-18H2,1-2H3,(H,33,39)(H,35,36,37,38). The summed E-state index contributed by atoms with van der Waals surface area (Å²) < 4.78 is 32.5. The number of amides is 1. The van der Waals surface area contributed by atoms with Gasteiger partial charge in [0.15, 0.2) is 16.4 Å². The van der Waals surface area contributed by atoms with Gasteiger partial charge in [0, 0.05) is 21.7 Å². The van der Waals surface area contributed by atoms with Crippen LogP contribution in [0.5, 0.6) is 5.75 Å². The van der Waals surface area contributed by atoms with Gasteiger partial charge in [-0.1, -0.05) is 60.6 Å². The molecule has 0 radical (unpaired) electrons. The van der Waals surface area contributed by atoms with Crippen molar-refractivity contribution in [1.29, 1.82) is 0 Å². The first-order valence-corrected chi connectivity index (χ1v) is 18.0. The number of aromatic amines is 1. The van der Waals surface area contributed by atoms with Crippen molar-refractivity contribution in [2.75, 3.05) is 11.1 Å². The molecule has 5 aromatic rings. The van der Waals surface area contributed by atoms with Gasteiger partial charge >= 0.3 is 0 Å². The Bertz CT molecular complexity index is 1850. The number of nitrogens with one attached hydrogen (secondary N) is 2. The quantitative estimate of drug-likeness (QED) is 0.119. The van der Waals surface area contributed by atoms with Crippen LogP contribution in [0.1, 0.15) is 59.2 Å². The van der Waals surface area contributed by atoms with Gasteiger partial charge in [-0.15, -0.1) is 21.5 Å². The van der Waals surface area contributed by atoms with Crippen molar-refractivity contribution >= 4 is 56.1 Å². The van der Waals surface area contributed by atoms with E-state index < -0.39 is 9.84 Å². The molecular weight excluding hydrogens is 652 g/mol. The smallest absolute Gasteiger partial charge is 0.255 e. The molecule has 2 N–H and O–H groups in total. The number of tetrazole rings is 1. The van der Waals surface area contributed by atoms with E-state index in [2.05, 4.69) is 50.2 Å². The fourth-order valence-electron chi connectivity index (χ4n) is 4.31. The lowest BCUT2D eigenvalue weighted by atomic mass is 10.1. The lowest BCUT2D eigenvalue weighted by Gasteiger charge is -2.14. The monoisotopic (exact) mass is 682 g/mol. The maximum Gasteiger partial charge on any atom is 0.255 e. The summed E-state index contributed by atoms with van der Waals surface area (Å²) in [5.41, 5.74) is 3.87. The molecule has 234 valence electrons. The molecule has 0 saturated carbocycles. The van der Waals surface area contributed by atoms with Crippen molar-refractivity contribution in [2.45, 2.75) is 54.2 Å². The van der Waals surface area contributed by atoms with E-state index in [1.54, 1.807) is 53.4 Å². The number of aryl methyl sites for hydroxylation is 1. The summed E-state index contributed by atoms with van der Waals surface area (Å²) in [5.74, 6) is 1.50. The average Bonchev–Trinajstić information content (AvgIpc) is 3.73. The van der Waals surface area contributed by atoms with Crippen LogP contribution in [0.3, 0.4) is 0 Å². The molecule has 0 aliphatic heterocycles. The van der Waals surface area contributed by atoms with Crippen molar-refractivity contribution in [3.8, 4) is 5.75 Å². The van der Waals surface area contributed by atoms with E-state index in [0.29, 0.717) is 52.4 Å². The number of halogens is 1. The van der Waals surface area contributed by atoms with Crippen LogP contribution in [0.4, 0.5) is 5.69 Å². The molecule has 0 saturated heterocycles. The van der Waals surface area contributed by atoms with Crippen LogP contribution in [0, 0.1) is 0 Å². The zero-order valence-corrected chi connectivity index (χ0v) is 27.8. The predicted molar refractivity (Wildman–Crippen MR) is 177 cm³/mol. The normalized spacial score (nSPS) is 11.6. The highest BCUT2D eigenvalue weighted by Gasteiger charge is 2.16. The summed E-state index contributed by atoms with van der Waals surface area (Å²) in [6.45, 7) is 4.28. The Balaban J connectivity index is 1.27. The number of anilines is 1. The molecule has 0 unspecified atom stereocenters. The van der Waals surface area contributed by atoms with Crippen LogP contribution < -0.4 is 10.1 Å². The first kappa shape index (κ1) is 32.6. The Hall–Kier alpha value is -3.78. The van der Waals surface area contributed by atoms with E-state index >= 15 is 0 Å². The highest BCUT2D eigenvalue weighted by molar-refractivity contribution is 8.00. The number of carbonyl (C=O) groups excluding carboxylic acids is 1. The number of sulfone groups is 1. The van der Waals surface area contributed by atoms with Crippen LogP contribution in [-0.4, -0.2) is 45.7 Å². The highest BCUT2D eigenvalue weighted by Crippen LogP contribution is 2.30. The molecule has 2 heterocycles. The number of hydrogen-bond acceptors (Lipinski definition) is 10. The van der Waals surface area contributed by atoms with Crippen molar-refractivity contribution < 1.29 is 17.9 Å². The van der Waals surface area contributed by atoms with Gasteiger partial charge in [0.1, 0.15) is 10.1 Å². The Labute approximate surface area is 274 Å². The van der Waals surface area contributed by atoms with Crippen LogP contribution >= 0.6 is 34.7 Å². The van der Waals surface area contributed by atoms with Crippen LogP contribution in [-0.2, 0) is 28.6 Å². The molecule has 5 rings (SSSR count). The number of benzene rings is 3. The van der Waals surface area contributed by atoms with Gasteiger partial charge < -0.3 is 10.1 Å². The van der Waals surface area contributed by atoms with Gasteiger partial charge in [0.05, 0.1) is 22.0 Å². The third-order valence-corrected chi connectivity index (χ3v) is 10.9. The molecule has 0 bridgehead atoms. The molecule has 0 atom stereocenters. The lowest BCUT2D eigenvalue weighted by molar-refractivity contribution is 0.102. The molecule has 10 nitrogen and oxygen atoms in total. The number of thioether (sulfide) groups is 1. The summed E-state index contributed by atoms with van der Waals surface area (Å²) in [4.78, 5) is 18.3. The summed E-state index contributed by atoms with van der Waals surface area (Å²) in [6, 6.07) is 19.0. The van der Waals surface area contributed by atoms with Gasteiger partial charge in [0.25, 0.3) is 5.91 Å². The molecular formula is C31H31ClN6O4S3. The van der Waals surface area contributed by atoms with Gasteiger partial charge in [-0.2, -0.15) is 5.21 Å². The van der Waals surface area contributed by atoms with Gasteiger partial charge in [-0.05, 0) is 78.4 Å². The molecule has 0 aliphatic carbocycles. The van der Waals surface area contributed by atoms with E-state index in [-0.39, 0.29) is 23.2 Å². The fraction of sp³-hybridized carbons (Fsp3) is 0.258. The summed E-state index contributed by atoms with van der Waals surface area (Å²) in [5, 5.41) is 19.3. The Kier molecular flexibility index (Phi) is 10.9. The number of ether oxygens (including phenoxy) is 1. The average molecular weight is 683 g/mol. The molecule has 0 spiro atoms. The van der Waals surface area contributed by atoms with E-state index in [1.807, 2.05) is 24.3 Å². The summed E-state index contributed by atoms with van der Waals surface area (Å²) >= 11 is 9.17. The SMILES string of the molecule is CC(C)c1csc(SCc2cccc(C(=O)Nc3cc(CCCS(=O)(=O)c4ccc(Cl)cc4)ccc3OCc3nn[nH]n3)c2)n1. The number of aromatic nitrogens is 5. The minimum absolute atomic E-state index is 0.0308. The Morgan fingerprint density at radius 1 is 1.09 bits per heavy atom. The van der Waals surface area contributed by atoms with E-state index in [1.165, 1.54) is 12.1 Å². The van der Waals surface area contributed by atoms with Crippen molar-refractivity contribution in [1.82, 2.24) is 25.6 Å². The number of rotatable bonds is 14. The Morgan fingerprint density at radius 2 is 1.91 bits per heavy atom. The van der Waals surface area contributed by atoms with Crippen LogP contribution in [0.15, 0.2) is 81.3 Å². The third-order valence-electron chi connectivity index (χ3n) is 6.73. The number of thiazole rings is 1. The van der Waals surface area contributed by atoms with E-state index in [0.717, 1.165) is 21.2 Å². The van der Waals surface area contributed by atoms with Gasteiger partial charge in [0.2, 0.25) is 5.82 Å². The van der Waals surface area contributed by atoms with Crippen molar-refractivity contribution in [3.63, 3.8) is 0 Å². The lowest BCUT2D eigenvalue weighted by Crippen LogP contribution is -2.14. The molecule has 14 heteroatoms. The number of H-pyrrole nitrogens is 1. The summed E-state index contributed by atoms with van der Waals surface area (Å²) in [7, 11) is -3.46. The van der Waals surface area contributed by atoms with Crippen molar-refractivity contribution in [3.05, 3.63) is 105 Å². The van der Waals surface area contributed by atoms with Crippen molar-refractivity contribution in [2.24, 2.45) is 0 Å². The van der Waals surface area contributed by atoms with Gasteiger partial charge in [-0.25, -0.2) is 13.4 Å². The predicted octanol–water partition coefficient (Wildman–Crippen LogP) is 6.96. The maximum atomic E-state index is 13.4. The van der Waals surface area contributed by atoms with Gasteiger partial charge in [-0.3, -0.25) is 4.79 Å². The largest absolute Gasteiger partial charge is 0.483 e. The van der Waals surface area contributed by atoms with E-state index in [4.69, 9.17) is 16.3 Å². The minimum Gasteiger partial charge on any atom is -0.483 e. The molecule has 3 aromatic carbocycles. The zero-order chi connectivity index (χ0) is 31.8. The second kappa shape index (κ2) is 15.0.